The van der Waals surface area contributed by atoms with Crippen LogP contribution in [0.3, 0.4) is 0 Å². The molecule has 0 fully saturated rings. The average Bonchev–Trinajstić information content (AvgIpc) is 3.22. The Labute approximate surface area is 209 Å². The molecular weight excluding hydrogens is 465 g/mol. The third-order valence-electron chi connectivity index (χ3n) is 5.87. The van der Waals surface area contributed by atoms with Crippen molar-refractivity contribution >= 4 is 11.9 Å². The second-order valence-electron chi connectivity index (χ2n) is 9.91. The molecule has 0 saturated heterocycles. The van der Waals surface area contributed by atoms with Crippen LogP contribution in [0, 0.1) is 25.1 Å². The van der Waals surface area contributed by atoms with E-state index in [0.29, 0.717) is 5.56 Å². The highest BCUT2D eigenvalue weighted by Gasteiger charge is 2.26. The van der Waals surface area contributed by atoms with Crippen molar-refractivity contribution in [1.82, 2.24) is 15.1 Å². The third kappa shape index (κ3) is 6.48. The van der Waals surface area contributed by atoms with E-state index in [4.69, 9.17) is 4.74 Å². The topological polar surface area (TPSA) is 114 Å². The van der Waals surface area contributed by atoms with Gasteiger partial charge in [-0.2, -0.15) is 9.78 Å². The summed E-state index contributed by atoms with van der Waals surface area (Å²) >= 11 is 0. The number of aliphatic hydroxyl groups is 1. The SMILES string of the molecule is Cc1ccc(C)c([C@H](CC(=O)O)NC(=O)c2cc(OC[C@@H](O)C(C)(C)C)n(-c3ccccc3F)n2)c1. The van der Waals surface area contributed by atoms with Gasteiger partial charge in [-0.05, 0) is 42.5 Å². The van der Waals surface area contributed by atoms with E-state index >= 15 is 0 Å². The van der Waals surface area contributed by atoms with Crippen LogP contribution >= 0.6 is 0 Å². The summed E-state index contributed by atoms with van der Waals surface area (Å²) in [6, 6.07) is 12.0. The molecule has 2 aromatic carbocycles. The molecule has 0 aliphatic carbocycles. The molecule has 3 N–H and O–H groups in total. The molecule has 1 heterocycles. The van der Waals surface area contributed by atoms with Gasteiger partial charge in [-0.15, -0.1) is 0 Å². The third-order valence-corrected chi connectivity index (χ3v) is 5.87. The molecule has 1 amide bonds. The second kappa shape index (κ2) is 10.9. The van der Waals surface area contributed by atoms with Crippen molar-refractivity contribution in [2.24, 2.45) is 5.41 Å². The summed E-state index contributed by atoms with van der Waals surface area (Å²) in [5.41, 5.74) is 1.97. The lowest BCUT2D eigenvalue weighted by Gasteiger charge is -2.25. The Hall–Kier alpha value is -3.72. The number of nitrogens with zero attached hydrogens (tertiary/aromatic N) is 2. The van der Waals surface area contributed by atoms with Crippen LogP contribution in [0.5, 0.6) is 5.88 Å². The van der Waals surface area contributed by atoms with Gasteiger partial charge in [-0.25, -0.2) is 4.39 Å². The molecule has 2 atom stereocenters. The number of aliphatic hydroxyl groups excluding tert-OH is 1. The van der Waals surface area contributed by atoms with Gasteiger partial charge in [0.25, 0.3) is 5.91 Å². The van der Waals surface area contributed by atoms with Crippen molar-refractivity contribution in [3.63, 3.8) is 0 Å². The van der Waals surface area contributed by atoms with Gasteiger partial charge in [0.15, 0.2) is 5.69 Å². The highest BCUT2D eigenvalue weighted by Crippen LogP contribution is 2.26. The van der Waals surface area contributed by atoms with Crippen molar-refractivity contribution in [2.75, 3.05) is 6.61 Å². The van der Waals surface area contributed by atoms with Crippen molar-refractivity contribution < 1.29 is 28.9 Å². The Morgan fingerprint density at radius 1 is 1.14 bits per heavy atom. The first-order chi connectivity index (χ1) is 16.9. The van der Waals surface area contributed by atoms with Gasteiger partial charge in [-0.1, -0.05) is 56.7 Å². The van der Waals surface area contributed by atoms with Crippen LogP contribution in [0.15, 0.2) is 48.5 Å². The maximum atomic E-state index is 14.6. The minimum atomic E-state index is -1.07. The number of hydrogen-bond donors (Lipinski definition) is 3. The number of aromatic nitrogens is 2. The number of nitrogens with one attached hydrogen (secondary N) is 1. The zero-order valence-corrected chi connectivity index (χ0v) is 21.1. The largest absolute Gasteiger partial charge is 0.481 e. The molecule has 0 bridgehead atoms. The first kappa shape index (κ1) is 26.9. The molecule has 3 rings (SSSR count). The van der Waals surface area contributed by atoms with E-state index in [1.807, 2.05) is 52.8 Å². The predicted molar refractivity (Wildman–Crippen MR) is 133 cm³/mol. The first-order valence-electron chi connectivity index (χ1n) is 11.6. The van der Waals surface area contributed by atoms with Crippen LogP contribution in [-0.2, 0) is 4.79 Å². The van der Waals surface area contributed by atoms with Crippen LogP contribution in [0.25, 0.3) is 5.69 Å². The molecule has 1 aromatic heterocycles. The predicted octanol–water partition coefficient (Wildman–Crippen LogP) is 4.36. The molecule has 8 nitrogen and oxygen atoms in total. The molecule has 0 unspecified atom stereocenters. The highest BCUT2D eigenvalue weighted by atomic mass is 19.1. The molecule has 0 saturated carbocycles. The quantitative estimate of drug-likeness (QED) is 0.405. The number of ether oxygens (including phenoxy) is 1. The molecule has 9 heteroatoms. The molecule has 3 aromatic rings. The number of aliphatic carboxylic acids is 1. The van der Waals surface area contributed by atoms with Crippen molar-refractivity contribution in [3.8, 4) is 11.6 Å². The van der Waals surface area contributed by atoms with Crippen LogP contribution in [0.4, 0.5) is 4.39 Å². The summed E-state index contributed by atoms with van der Waals surface area (Å²) in [5.74, 6) is -2.22. The number of amides is 1. The Kier molecular flexibility index (Phi) is 8.14. The van der Waals surface area contributed by atoms with Crippen LogP contribution in [0.2, 0.25) is 0 Å². The maximum Gasteiger partial charge on any atom is 0.305 e. The standard InChI is InChI=1S/C27H32FN3O5/c1-16-10-11-17(2)18(12-16)20(14-25(33)34)29-26(35)21-13-24(36-15-23(32)27(3,4)5)31(30-21)22-9-7-6-8-19(22)28/h6-13,20,23,32H,14-15H2,1-5H3,(H,29,35)(H,33,34)/t20-,23+/m0/s1. The number of carboxylic acids is 1. The van der Waals surface area contributed by atoms with E-state index in [1.54, 1.807) is 6.07 Å². The van der Waals surface area contributed by atoms with Crippen LogP contribution < -0.4 is 10.1 Å². The lowest BCUT2D eigenvalue weighted by Crippen LogP contribution is -2.32. The van der Waals surface area contributed by atoms with E-state index in [0.717, 1.165) is 15.8 Å². The molecule has 36 heavy (non-hydrogen) atoms. The van der Waals surface area contributed by atoms with E-state index in [9.17, 15) is 24.2 Å². The summed E-state index contributed by atoms with van der Waals surface area (Å²) in [6.07, 6.45) is -1.16. The fraction of sp³-hybridized carbons (Fsp3) is 0.370. The minimum Gasteiger partial charge on any atom is -0.481 e. The maximum absolute atomic E-state index is 14.6. The minimum absolute atomic E-state index is 0.0633. The van der Waals surface area contributed by atoms with E-state index in [-0.39, 0.29) is 30.3 Å². The number of rotatable bonds is 9. The molecule has 192 valence electrons. The number of benzene rings is 2. The summed E-state index contributed by atoms with van der Waals surface area (Å²) < 4.78 is 21.5. The van der Waals surface area contributed by atoms with Crippen molar-refractivity contribution in [3.05, 3.63) is 76.7 Å². The normalized spacial score (nSPS) is 13.2. The summed E-state index contributed by atoms with van der Waals surface area (Å²) in [7, 11) is 0. The van der Waals surface area contributed by atoms with Gasteiger partial charge in [0.1, 0.15) is 18.1 Å². The summed E-state index contributed by atoms with van der Waals surface area (Å²) in [6.45, 7) is 9.18. The number of halogens is 1. The smallest absolute Gasteiger partial charge is 0.305 e. The number of carbonyl (C=O) groups excluding carboxylic acids is 1. The Morgan fingerprint density at radius 3 is 2.47 bits per heavy atom. The molecular formula is C27H32FN3O5. The number of para-hydroxylation sites is 1. The number of carbonyl (C=O) groups is 2. The molecule has 0 radical (unpaired) electrons. The lowest BCUT2D eigenvalue weighted by molar-refractivity contribution is -0.137. The average molecular weight is 498 g/mol. The van der Waals surface area contributed by atoms with E-state index in [2.05, 4.69) is 10.4 Å². The van der Waals surface area contributed by atoms with E-state index < -0.39 is 35.3 Å². The number of hydrogen-bond acceptors (Lipinski definition) is 5. The van der Waals surface area contributed by atoms with Gasteiger partial charge in [-0.3, -0.25) is 9.59 Å². The van der Waals surface area contributed by atoms with Gasteiger partial charge in [0.05, 0.1) is 18.6 Å². The van der Waals surface area contributed by atoms with Gasteiger partial charge >= 0.3 is 5.97 Å². The van der Waals surface area contributed by atoms with Crippen LogP contribution in [-0.4, -0.2) is 44.6 Å². The van der Waals surface area contributed by atoms with Crippen molar-refractivity contribution in [1.29, 1.82) is 0 Å². The number of aryl methyl sites for hydroxylation is 2. The molecule has 0 spiro atoms. The summed E-state index contributed by atoms with van der Waals surface area (Å²) in [5, 5.41) is 26.8. The number of carboxylic acid groups (broad SMARTS) is 1. The zero-order valence-electron chi connectivity index (χ0n) is 21.1. The van der Waals surface area contributed by atoms with Gasteiger partial charge < -0.3 is 20.3 Å². The molecule has 0 aliphatic rings. The summed E-state index contributed by atoms with van der Waals surface area (Å²) in [4.78, 5) is 24.8. The Bertz CT molecular complexity index is 1250. The monoisotopic (exact) mass is 497 g/mol. The van der Waals surface area contributed by atoms with Gasteiger partial charge in [0, 0.05) is 6.07 Å². The zero-order chi connectivity index (χ0) is 26.6. The fourth-order valence-corrected chi connectivity index (χ4v) is 3.57. The fourth-order valence-electron chi connectivity index (χ4n) is 3.57. The highest BCUT2D eigenvalue weighted by molar-refractivity contribution is 5.93. The second-order valence-corrected chi connectivity index (χ2v) is 9.91. The Balaban J connectivity index is 1.96. The van der Waals surface area contributed by atoms with Gasteiger partial charge in [0.2, 0.25) is 5.88 Å². The van der Waals surface area contributed by atoms with Crippen LogP contribution in [0.1, 0.15) is 60.4 Å². The first-order valence-corrected chi connectivity index (χ1v) is 11.6. The molecule has 0 aliphatic heterocycles. The van der Waals surface area contributed by atoms with E-state index in [1.165, 1.54) is 24.3 Å². The van der Waals surface area contributed by atoms with Crippen molar-refractivity contribution in [2.45, 2.75) is 53.2 Å². The lowest BCUT2D eigenvalue weighted by atomic mass is 9.90. The Morgan fingerprint density at radius 2 is 1.83 bits per heavy atom.